The van der Waals surface area contributed by atoms with Crippen LogP contribution in [0.15, 0.2) is 53.5 Å². The molecule has 2 aliphatic rings. The molecule has 3 N–H and O–H groups in total. The van der Waals surface area contributed by atoms with Crippen molar-refractivity contribution < 1.29 is 9.59 Å². The van der Waals surface area contributed by atoms with Gasteiger partial charge in [-0.25, -0.2) is 4.79 Å². The molecule has 190 valence electrons. The Hall–Kier alpha value is -3.20. The lowest BCUT2D eigenvalue weighted by molar-refractivity contribution is -0.123. The standard InChI is InChI=1S/C27H33N5O3S/c1-36-12-10-23(26(34)28-11-9-19-14-29-22-6-3-2-5-21(19)22)30-27(35)31-15-18-13-20(17-31)24-7-4-8-25(33)32(24)16-18/h2-8,14,18,20,23,29H,9-13,15-17H2,1H3,(H,28,34)(H,30,35). The van der Waals surface area contributed by atoms with Crippen LogP contribution in [0.4, 0.5) is 4.79 Å². The number of H-pyrrole nitrogens is 1. The van der Waals surface area contributed by atoms with Gasteiger partial charge in [-0.2, -0.15) is 11.8 Å². The Kier molecular flexibility index (Phi) is 7.36. The van der Waals surface area contributed by atoms with Crippen molar-refractivity contribution >= 4 is 34.6 Å². The van der Waals surface area contributed by atoms with Gasteiger partial charge in [-0.3, -0.25) is 9.59 Å². The maximum absolute atomic E-state index is 13.2. The van der Waals surface area contributed by atoms with Crippen LogP contribution in [-0.2, 0) is 17.8 Å². The smallest absolute Gasteiger partial charge is 0.318 e. The van der Waals surface area contributed by atoms with E-state index in [1.54, 1.807) is 23.9 Å². The van der Waals surface area contributed by atoms with Crippen LogP contribution in [0.2, 0.25) is 0 Å². The fourth-order valence-electron chi connectivity index (χ4n) is 5.59. The fourth-order valence-corrected chi connectivity index (χ4v) is 6.06. The van der Waals surface area contributed by atoms with E-state index in [1.807, 2.05) is 46.2 Å². The number of urea groups is 1. The third kappa shape index (κ3) is 5.16. The van der Waals surface area contributed by atoms with Crippen molar-refractivity contribution in [2.24, 2.45) is 5.92 Å². The molecule has 1 aromatic carbocycles. The molecule has 0 radical (unpaired) electrons. The summed E-state index contributed by atoms with van der Waals surface area (Å²) in [7, 11) is 0. The van der Waals surface area contributed by atoms with E-state index in [4.69, 9.17) is 0 Å². The molecule has 2 aliphatic heterocycles. The molecule has 5 rings (SSSR count). The number of nitrogens with zero attached hydrogens (tertiary/aromatic N) is 2. The number of nitrogens with one attached hydrogen (secondary N) is 3. The molecule has 0 saturated carbocycles. The molecule has 3 atom stereocenters. The molecular formula is C27H33N5O3S. The molecule has 2 aromatic heterocycles. The lowest BCUT2D eigenvalue weighted by Gasteiger charge is -2.43. The van der Waals surface area contributed by atoms with E-state index in [9.17, 15) is 14.4 Å². The molecule has 4 heterocycles. The summed E-state index contributed by atoms with van der Waals surface area (Å²) in [6.45, 7) is 2.30. The minimum absolute atomic E-state index is 0.0292. The zero-order valence-electron chi connectivity index (χ0n) is 20.5. The molecule has 3 amide bonds. The maximum Gasteiger partial charge on any atom is 0.318 e. The van der Waals surface area contributed by atoms with Gasteiger partial charge < -0.3 is 25.1 Å². The molecule has 9 heteroatoms. The molecule has 0 spiro atoms. The first-order valence-electron chi connectivity index (χ1n) is 12.6. The second kappa shape index (κ2) is 10.8. The van der Waals surface area contributed by atoms with E-state index in [2.05, 4.69) is 21.7 Å². The number of para-hydroxylation sites is 1. The number of hydrogen-bond acceptors (Lipinski definition) is 4. The fraction of sp³-hybridized carbons (Fsp3) is 0.444. The molecule has 2 bridgehead atoms. The van der Waals surface area contributed by atoms with Crippen molar-refractivity contribution in [1.29, 1.82) is 0 Å². The Bertz CT molecular complexity index is 1300. The van der Waals surface area contributed by atoms with E-state index in [0.717, 1.165) is 28.9 Å². The topological polar surface area (TPSA) is 99.2 Å². The number of piperidine rings is 1. The first kappa shape index (κ1) is 24.5. The van der Waals surface area contributed by atoms with Gasteiger partial charge in [0.25, 0.3) is 5.56 Å². The highest BCUT2D eigenvalue weighted by atomic mass is 32.2. The zero-order chi connectivity index (χ0) is 25.1. The zero-order valence-corrected chi connectivity index (χ0v) is 21.4. The summed E-state index contributed by atoms with van der Waals surface area (Å²) in [5, 5.41) is 7.20. The monoisotopic (exact) mass is 507 g/mol. The van der Waals surface area contributed by atoms with E-state index in [0.29, 0.717) is 39.0 Å². The predicted molar refractivity (Wildman–Crippen MR) is 143 cm³/mol. The van der Waals surface area contributed by atoms with Crippen LogP contribution >= 0.6 is 11.8 Å². The summed E-state index contributed by atoms with van der Waals surface area (Å²) in [6.07, 6.45) is 6.26. The summed E-state index contributed by atoms with van der Waals surface area (Å²) in [6, 6.07) is 12.7. The number of carbonyl (C=O) groups excluding carboxylic acids is 2. The largest absolute Gasteiger partial charge is 0.361 e. The Balaban J connectivity index is 1.19. The van der Waals surface area contributed by atoms with E-state index in [-0.39, 0.29) is 29.3 Å². The number of fused-ring (bicyclic) bond motifs is 5. The first-order valence-corrected chi connectivity index (χ1v) is 14.0. The number of amides is 3. The third-order valence-corrected chi connectivity index (χ3v) is 8.00. The van der Waals surface area contributed by atoms with E-state index in [1.165, 1.54) is 5.39 Å². The summed E-state index contributed by atoms with van der Waals surface area (Å²) in [4.78, 5) is 43.7. The molecule has 1 saturated heterocycles. The first-order chi connectivity index (χ1) is 17.5. The van der Waals surface area contributed by atoms with Crippen molar-refractivity contribution in [2.75, 3.05) is 31.6 Å². The van der Waals surface area contributed by atoms with Crippen molar-refractivity contribution in [3.63, 3.8) is 0 Å². The third-order valence-electron chi connectivity index (χ3n) is 7.36. The van der Waals surface area contributed by atoms with Gasteiger partial charge in [-0.05, 0) is 54.9 Å². The molecule has 36 heavy (non-hydrogen) atoms. The summed E-state index contributed by atoms with van der Waals surface area (Å²) in [5.74, 6) is 1.03. The summed E-state index contributed by atoms with van der Waals surface area (Å²) >= 11 is 1.66. The van der Waals surface area contributed by atoms with Gasteiger partial charge >= 0.3 is 6.03 Å². The van der Waals surface area contributed by atoms with Crippen LogP contribution in [0.5, 0.6) is 0 Å². The van der Waals surface area contributed by atoms with E-state index < -0.39 is 6.04 Å². The lowest BCUT2D eigenvalue weighted by Crippen LogP contribution is -2.56. The lowest BCUT2D eigenvalue weighted by atomic mass is 9.83. The van der Waals surface area contributed by atoms with Crippen LogP contribution in [0.3, 0.4) is 0 Å². The number of hydrogen-bond donors (Lipinski definition) is 3. The van der Waals surface area contributed by atoms with Gasteiger partial charge in [0.05, 0.1) is 0 Å². The maximum atomic E-state index is 13.2. The van der Waals surface area contributed by atoms with Crippen LogP contribution in [-0.4, -0.2) is 64.1 Å². The van der Waals surface area contributed by atoms with Gasteiger partial charge in [-0.1, -0.05) is 24.3 Å². The molecule has 8 nitrogen and oxygen atoms in total. The van der Waals surface area contributed by atoms with Crippen LogP contribution in [0, 0.1) is 5.92 Å². The van der Waals surface area contributed by atoms with Crippen molar-refractivity contribution in [3.05, 3.63) is 70.3 Å². The minimum Gasteiger partial charge on any atom is -0.361 e. The second-order valence-electron chi connectivity index (χ2n) is 9.79. The quantitative estimate of drug-likeness (QED) is 0.437. The van der Waals surface area contributed by atoms with E-state index >= 15 is 0 Å². The number of benzene rings is 1. The Labute approximate surface area is 214 Å². The number of aromatic amines is 1. The number of thioether (sulfide) groups is 1. The highest BCUT2D eigenvalue weighted by Gasteiger charge is 2.37. The number of carbonyl (C=O) groups is 2. The molecule has 3 aromatic rings. The van der Waals surface area contributed by atoms with Gasteiger partial charge in [0.2, 0.25) is 5.91 Å². The average molecular weight is 508 g/mol. The number of likely N-dealkylation sites (tertiary alicyclic amines) is 1. The molecular weight excluding hydrogens is 474 g/mol. The van der Waals surface area contributed by atoms with Crippen molar-refractivity contribution in [2.45, 2.75) is 37.8 Å². The van der Waals surface area contributed by atoms with Crippen molar-refractivity contribution in [1.82, 2.24) is 25.1 Å². The number of pyridine rings is 1. The Morgan fingerprint density at radius 2 is 2.00 bits per heavy atom. The Morgan fingerprint density at radius 1 is 1.14 bits per heavy atom. The van der Waals surface area contributed by atoms with Gasteiger partial charge in [-0.15, -0.1) is 0 Å². The molecule has 1 fully saturated rings. The van der Waals surface area contributed by atoms with Gasteiger partial charge in [0, 0.05) is 61.0 Å². The number of aromatic nitrogens is 2. The normalized spacial score (nSPS) is 19.5. The highest BCUT2D eigenvalue weighted by Crippen LogP contribution is 2.34. The van der Waals surface area contributed by atoms with Gasteiger partial charge in [0.1, 0.15) is 6.04 Å². The van der Waals surface area contributed by atoms with Crippen LogP contribution in [0.25, 0.3) is 10.9 Å². The predicted octanol–water partition coefficient (Wildman–Crippen LogP) is 2.94. The minimum atomic E-state index is -0.579. The molecule has 3 unspecified atom stereocenters. The second-order valence-corrected chi connectivity index (χ2v) is 10.8. The van der Waals surface area contributed by atoms with Crippen LogP contribution < -0.4 is 16.2 Å². The molecule has 0 aliphatic carbocycles. The summed E-state index contributed by atoms with van der Waals surface area (Å²) in [5.41, 5.74) is 3.28. The van der Waals surface area contributed by atoms with Crippen molar-refractivity contribution in [3.8, 4) is 0 Å². The summed E-state index contributed by atoms with van der Waals surface area (Å²) < 4.78 is 1.86. The SMILES string of the molecule is CSCCC(NC(=O)N1CC2CC(C1)c1cccc(=O)n1C2)C(=O)NCCc1c[nH]c2ccccc12. The number of rotatable bonds is 8. The van der Waals surface area contributed by atoms with Gasteiger partial charge in [0.15, 0.2) is 0 Å². The highest BCUT2D eigenvalue weighted by molar-refractivity contribution is 7.98. The Morgan fingerprint density at radius 3 is 2.86 bits per heavy atom. The average Bonchev–Trinajstić information content (AvgIpc) is 3.30. The van der Waals surface area contributed by atoms with Crippen LogP contribution in [0.1, 0.15) is 30.0 Å².